The second kappa shape index (κ2) is 8.32. The molecule has 0 radical (unpaired) electrons. The van der Waals surface area contributed by atoms with E-state index < -0.39 is 17.6 Å². The smallest absolute Gasteiger partial charge is 0.303 e. The Hall–Kier alpha value is -1.01. The Morgan fingerprint density at radius 1 is 1.40 bits per heavy atom. The summed E-state index contributed by atoms with van der Waals surface area (Å²) in [6, 6.07) is 2.56. The highest BCUT2D eigenvalue weighted by atomic mass is 79.9. The normalized spacial score (nSPS) is 12.4. The van der Waals surface area contributed by atoms with Gasteiger partial charge in [0.1, 0.15) is 11.6 Å². The van der Waals surface area contributed by atoms with Crippen molar-refractivity contribution in [3.63, 3.8) is 0 Å². The molecule has 0 aliphatic rings. The van der Waals surface area contributed by atoms with Gasteiger partial charge in [0, 0.05) is 18.5 Å². The van der Waals surface area contributed by atoms with Gasteiger partial charge < -0.3 is 10.4 Å². The largest absolute Gasteiger partial charge is 0.481 e. The van der Waals surface area contributed by atoms with Crippen LogP contribution in [0.1, 0.15) is 31.7 Å². The van der Waals surface area contributed by atoms with E-state index in [0.29, 0.717) is 13.0 Å². The van der Waals surface area contributed by atoms with E-state index in [9.17, 15) is 13.6 Å². The zero-order valence-corrected chi connectivity index (χ0v) is 12.8. The predicted molar refractivity (Wildman–Crippen MR) is 76.4 cm³/mol. The average Bonchev–Trinajstić information content (AvgIpc) is 2.40. The van der Waals surface area contributed by atoms with Crippen molar-refractivity contribution in [1.29, 1.82) is 0 Å². The molecule has 1 atom stereocenters. The third-order valence-corrected chi connectivity index (χ3v) is 3.72. The molecule has 2 N–H and O–H groups in total. The summed E-state index contributed by atoms with van der Waals surface area (Å²) in [5.41, 5.74) is 0.0116. The predicted octanol–water partition coefficient (Wildman–Crippen LogP) is 3.71. The highest BCUT2D eigenvalue weighted by Gasteiger charge is 2.12. The molecule has 3 nitrogen and oxygen atoms in total. The number of hydrogen-bond acceptors (Lipinski definition) is 2. The van der Waals surface area contributed by atoms with Crippen molar-refractivity contribution < 1.29 is 18.7 Å². The van der Waals surface area contributed by atoms with Crippen LogP contribution in [0.5, 0.6) is 0 Å². The number of benzene rings is 1. The Morgan fingerprint density at radius 2 is 2.10 bits per heavy atom. The minimum Gasteiger partial charge on any atom is -0.481 e. The zero-order valence-electron chi connectivity index (χ0n) is 11.3. The summed E-state index contributed by atoms with van der Waals surface area (Å²) in [5.74, 6) is -1.70. The molecule has 0 aliphatic carbocycles. The van der Waals surface area contributed by atoms with Crippen LogP contribution in [0.2, 0.25) is 0 Å². The van der Waals surface area contributed by atoms with Crippen molar-refractivity contribution in [2.45, 2.75) is 32.7 Å². The lowest BCUT2D eigenvalue weighted by atomic mass is 10.0. The highest BCUT2D eigenvalue weighted by Crippen LogP contribution is 2.21. The molecule has 20 heavy (non-hydrogen) atoms. The standard InChI is InChI=1S/C14H18BrF2NO2/c1-9(2-5-13(19)20)6-7-18-8-10-12(16)4-3-11(15)14(10)17/h3-4,9,18H,2,5-8H2,1H3,(H,19,20). The molecule has 0 heterocycles. The van der Waals surface area contributed by atoms with Gasteiger partial charge in [0.05, 0.1) is 4.47 Å². The van der Waals surface area contributed by atoms with Crippen molar-refractivity contribution in [2.75, 3.05) is 6.54 Å². The average molecular weight is 350 g/mol. The number of nitrogens with one attached hydrogen (secondary N) is 1. The fraction of sp³-hybridized carbons (Fsp3) is 0.500. The van der Waals surface area contributed by atoms with Gasteiger partial charge in [0.2, 0.25) is 0 Å². The zero-order chi connectivity index (χ0) is 15.1. The first-order valence-electron chi connectivity index (χ1n) is 6.46. The van der Waals surface area contributed by atoms with E-state index in [1.807, 2.05) is 6.92 Å². The maximum atomic E-state index is 13.7. The van der Waals surface area contributed by atoms with Gasteiger partial charge in [-0.2, -0.15) is 0 Å². The molecule has 0 aromatic heterocycles. The molecule has 1 aromatic rings. The lowest BCUT2D eigenvalue weighted by molar-refractivity contribution is -0.137. The van der Waals surface area contributed by atoms with Crippen LogP contribution >= 0.6 is 15.9 Å². The van der Waals surface area contributed by atoms with Crippen LogP contribution in [-0.2, 0) is 11.3 Å². The summed E-state index contributed by atoms with van der Waals surface area (Å²) >= 11 is 3.02. The van der Waals surface area contributed by atoms with Crippen molar-refractivity contribution >= 4 is 21.9 Å². The minimum absolute atomic E-state index is 0.0116. The fourth-order valence-electron chi connectivity index (χ4n) is 1.81. The Bertz CT molecular complexity index is 469. The van der Waals surface area contributed by atoms with E-state index in [1.165, 1.54) is 12.1 Å². The molecule has 0 aliphatic heterocycles. The minimum atomic E-state index is -0.803. The molecular weight excluding hydrogens is 332 g/mol. The number of hydrogen-bond donors (Lipinski definition) is 2. The number of aliphatic carboxylic acids is 1. The van der Waals surface area contributed by atoms with Gasteiger partial charge in [-0.15, -0.1) is 0 Å². The summed E-state index contributed by atoms with van der Waals surface area (Å²) in [4.78, 5) is 10.4. The van der Waals surface area contributed by atoms with Gasteiger partial charge in [-0.25, -0.2) is 8.78 Å². The lowest BCUT2D eigenvalue weighted by Gasteiger charge is -2.12. The molecule has 1 unspecified atom stereocenters. The number of carbonyl (C=O) groups is 1. The first-order chi connectivity index (χ1) is 9.41. The Labute approximate surface area is 125 Å². The van der Waals surface area contributed by atoms with Crippen LogP contribution < -0.4 is 5.32 Å². The number of carboxylic acids is 1. The summed E-state index contributed by atoms with van der Waals surface area (Å²) in [6.45, 7) is 2.67. The van der Waals surface area contributed by atoms with Gasteiger partial charge in [-0.3, -0.25) is 4.79 Å². The molecule has 0 amide bonds. The van der Waals surface area contributed by atoms with Crippen molar-refractivity contribution in [2.24, 2.45) is 5.92 Å². The number of carboxylic acid groups (broad SMARTS) is 1. The molecular formula is C14H18BrF2NO2. The third kappa shape index (κ3) is 5.54. The highest BCUT2D eigenvalue weighted by molar-refractivity contribution is 9.10. The molecule has 1 rings (SSSR count). The van der Waals surface area contributed by atoms with Gasteiger partial charge >= 0.3 is 5.97 Å². The monoisotopic (exact) mass is 349 g/mol. The topological polar surface area (TPSA) is 49.3 Å². The summed E-state index contributed by atoms with van der Waals surface area (Å²) in [5, 5.41) is 11.5. The van der Waals surface area contributed by atoms with Gasteiger partial charge in [-0.1, -0.05) is 6.92 Å². The Morgan fingerprint density at radius 3 is 2.75 bits per heavy atom. The molecule has 1 aromatic carbocycles. The molecule has 0 bridgehead atoms. The second-order valence-corrected chi connectivity index (χ2v) is 5.68. The van der Waals surface area contributed by atoms with Crippen LogP contribution in [0.4, 0.5) is 8.78 Å². The summed E-state index contributed by atoms with van der Waals surface area (Å²) < 4.78 is 27.4. The van der Waals surface area contributed by atoms with Crippen LogP contribution in [0.3, 0.4) is 0 Å². The van der Waals surface area contributed by atoms with E-state index in [-0.39, 0.29) is 28.9 Å². The molecule has 0 spiro atoms. The van der Waals surface area contributed by atoms with Crippen LogP contribution in [0, 0.1) is 17.6 Å². The van der Waals surface area contributed by atoms with Crippen molar-refractivity contribution in [1.82, 2.24) is 5.32 Å². The molecule has 0 saturated carbocycles. The molecule has 0 saturated heterocycles. The summed E-state index contributed by atoms with van der Waals surface area (Å²) in [6.07, 6.45) is 1.52. The van der Waals surface area contributed by atoms with Gasteiger partial charge in [0.25, 0.3) is 0 Å². The SMILES string of the molecule is CC(CCNCc1c(F)ccc(Br)c1F)CCC(=O)O. The summed E-state index contributed by atoms with van der Waals surface area (Å²) in [7, 11) is 0. The van der Waals surface area contributed by atoms with Crippen molar-refractivity contribution in [3.05, 3.63) is 33.8 Å². The second-order valence-electron chi connectivity index (χ2n) is 4.82. The van der Waals surface area contributed by atoms with Crippen LogP contribution in [0.15, 0.2) is 16.6 Å². The first-order valence-corrected chi connectivity index (χ1v) is 7.26. The van der Waals surface area contributed by atoms with Crippen molar-refractivity contribution in [3.8, 4) is 0 Å². The quantitative estimate of drug-likeness (QED) is 0.555. The lowest BCUT2D eigenvalue weighted by Crippen LogP contribution is -2.19. The van der Waals surface area contributed by atoms with Crippen LogP contribution in [-0.4, -0.2) is 17.6 Å². The number of halogens is 3. The van der Waals surface area contributed by atoms with E-state index in [1.54, 1.807) is 0 Å². The van der Waals surface area contributed by atoms with E-state index in [4.69, 9.17) is 5.11 Å². The van der Waals surface area contributed by atoms with Gasteiger partial charge in [0.15, 0.2) is 0 Å². The van der Waals surface area contributed by atoms with Gasteiger partial charge in [-0.05, 0) is 53.4 Å². The fourth-order valence-corrected chi connectivity index (χ4v) is 2.18. The third-order valence-electron chi connectivity index (χ3n) is 3.11. The molecule has 6 heteroatoms. The number of rotatable bonds is 8. The van der Waals surface area contributed by atoms with E-state index >= 15 is 0 Å². The maximum Gasteiger partial charge on any atom is 0.303 e. The first kappa shape index (κ1) is 17.0. The van der Waals surface area contributed by atoms with E-state index in [0.717, 1.165) is 6.42 Å². The maximum absolute atomic E-state index is 13.7. The molecule has 112 valence electrons. The molecule has 0 fully saturated rings. The van der Waals surface area contributed by atoms with Crippen LogP contribution in [0.25, 0.3) is 0 Å². The Kier molecular flexibility index (Phi) is 7.09. The van der Waals surface area contributed by atoms with E-state index in [2.05, 4.69) is 21.2 Å². The Balaban J connectivity index is 2.35.